The molecule has 1 aliphatic heterocycles. The van der Waals surface area contributed by atoms with Gasteiger partial charge in [-0.05, 0) is 30.9 Å². The third-order valence-corrected chi connectivity index (χ3v) is 4.67. The monoisotopic (exact) mass is 352 g/mol. The summed E-state index contributed by atoms with van der Waals surface area (Å²) >= 11 is 0. The van der Waals surface area contributed by atoms with Crippen molar-refractivity contribution >= 4 is 0 Å². The van der Waals surface area contributed by atoms with E-state index in [4.69, 9.17) is 0 Å². The number of nitrogens with zero attached hydrogens (tertiary/aromatic N) is 2. The molecule has 1 saturated heterocycles. The van der Waals surface area contributed by atoms with Gasteiger partial charge in [0.05, 0.1) is 6.04 Å². The SMILES string of the molecule is CC(C)C.CC(C)N1CCN(C(c2ccccc2)c2ccccc2)CC1. The van der Waals surface area contributed by atoms with E-state index >= 15 is 0 Å². The molecule has 0 spiro atoms. The summed E-state index contributed by atoms with van der Waals surface area (Å²) in [4.78, 5) is 5.20. The maximum absolute atomic E-state index is 2.63. The lowest BCUT2D eigenvalue weighted by molar-refractivity contribution is 0.0893. The van der Waals surface area contributed by atoms with Crippen molar-refractivity contribution in [3.05, 3.63) is 71.8 Å². The van der Waals surface area contributed by atoms with E-state index in [-0.39, 0.29) is 0 Å². The molecule has 2 heteroatoms. The van der Waals surface area contributed by atoms with Crippen LogP contribution >= 0.6 is 0 Å². The van der Waals surface area contributed by atoms with E-state index in [9.17, 15) is 0 Å². The summed E-state index contributed by atoms with van der Waals surface area (Å²) in [7, 11) is 0. The quantitative estimate of drug-likeness (QED) is 0.720. The Morgan fingerprint density at radius 2 is 0.923 bits per heavy atom. The van der Waals surface area contributed by atoms with Crippen LogP contribution in [0.2, 0.25) is 0 Å². The number of rotatable bonds is 4. The van der Waals surface area contributed by atoms with Gasteiger partial charge < -0.3 is 0 Å². The van der Waals surface area contributed by atoms with Gasteiger partial charge in [-0.3, -0.25) is 9.80 Å². The summed E-state index contributed by atoms with van der Waals surface area (Å²) in [5.74, 6) is 0.833. The second-order valence-corrected chi connectivity index (χ2v) is 8.12. The van der Waals surface area contributed by atoms with Crippen LogP contribution < -0.4 is 0 Å². The number of hydrogen-bond donors (Lipinski definition) is 0. The van der Waals surface area contributed by atoms with Crippen molar-refractivity contribution in [2.24, 2.45) is 5.92 Å². The zero-order valence-electron chi connectivity index (χ0n) is 17.2. The Bertz CT molecular complexity index is 556. The summed E-state index contributed by atoms with van der Waals surface area (Å²) in [6.07, 6.45) is 0. The largest absolute Gasteiger partial charge is 0.298 e. The highest BCUT2D eigenvalue weighted by Crippen LogP contribution is 2.29. The minimum atomic E-state index is 0.372. The molecule has 0 N–H and O–H groups in total. The fourth-order valence-electron chi connectivity index (χ4n) is 3.40. The molecular formula is C24H36N2. The van der Waals surface area contributed by atoms with Crippen LogP contribution in [0.15, 0.2) is 60.7 Å². The van der Waals surface area contributed by atoms with Crippen molar-refractivity contribution in [2.75, 3.05) is 26.2 Å². The maximum Gasteiger partial charge on any atom is 0.0602 e. The van der Waals surface area contributed by atoms with Crippen molar-refractivity contribution < 1.29 is 0 Å². The molecule has 2 nitrogen and oxygen atoms in total. The van der Waals surface area contributed by atoms with E-state index < -0.39 is 0 Å². The zero-order chi connectivity index (χ0) is 18.9. The van der Waals surface area contributed by atoms with Crippen molar-refractivity contribution in [3.8, 4) is 0 Å². The van der Waals surface area contributed by atoms with E-state index in [0.29, 0.717) is 12.1 Å². The van der Waals surface area contributed by atoms with Crippen molar-refractivity contribution in [1.29, 1.82) is 0 Å². The van der Waals surface area contributed by atoms with Gasteiger partial charge in [-0.2, -0.15) is 0 Å². The Hall–Kier alpha value is -1.64. The zero-order valence-corrected chi connectivity index (χ0v) is 17.2. The molecule has 0 bridgehead atoms. The second-order valence-electron chi connectivity index (χ2n) is 8.12. The number of piperazine rings is 1. The van der Waals surface area contributed by atoms with Gasteiger partial charge in [0.1, 0.15) is 0 Å². The van der Waals surface area contributed by atoms with E-state index in [1.54, 1.807) is 0 Å². The van der Waals surface area contributed by atoms with E-state index in [0.717, 1.165) is 32.1 Å². The number of hydrogen-bond acceptors (Lipinski definition) is 2. The molecule has 0 saturated carbocycles. The van der Waals surface area contributed by atoms with Gasteiger partial charge in [-0.15, -0.1) is 0 Å². The summed E-state index contributed by atoms with van der Waals surface area (Å²) in [5.41, 5.74) is 2.79. The number of benzene rings is 2. The molecule has 0 amide bonds. The van der Waals surface area contributed by atoms with Crippen LogP contribution in [-0.2, 0) is 0 Å². The molecule has 1 aliphatic rings. The van der Waals surface area contributed by atoms with Crippen molar-refractivity contribution in [2.45, 2.75) is 46.7 Å². The van der Waals surface area contributed by atoms with Crippen molar-refractivity contribution in [1.82, 2.24) is 9.80 Å². The molecular weight excluding hydrogens is 316 g/mol. The first kappa shape index (κ1) is 20.7. The van der Waals surface area contributed by atoms with Crippen LogP contribution in [0.25, 0.3) is 0 Å². The van der Waals surface area contributed by atoms with Crippen LogP contribution in [0, 0.1) is 5.92 Å². The average molecular weight is 353 g/mol. The Labute approximate surface area is 160 Å². The standard InChI is InChI=1S/C20H26N2.C4H10/c1-17(2)21-13-15-22(16-14-21)20(18-9-5-3-6-10-18)19-11-7-4-8-12-19;1-4(2)3/h3-12,17,20H,13-16H2,1-2H3;4H,1-3H3. The summed E-state index contributed by atoms with van der Waals surface area (Å²) < 4.78 is 0. The predicted octanol–water partition coefficient (Wildman–Crippen LogP) is 5.46. The van der Waals surface area contributed by atoms with Gasteiger partial charge in [0.15, 0.2) is 0 Å². The first-order valence-electron chi connectivity index (χ1n) is 10.1. The highest BCUT2D eigenvalue weighted by atomic mass is 15.3. The molecule has 2 aromatic carbocycles. The smallest absolute Gasteiger partial charge is 0.0602 e. The topological polar surface area (TPSA) is 6.48 Å². The van der Waals surface area contributed by atoms with Crippen LogP contribution in [0.1, 0.15) is 51.8 Å². The Kier molecular flexibility index (Phi) is 8.34. The summed E-state index contributed by atoms with van der Waals surface area (Å²) in [6, 6.07) is 22.8. The highest BCUT2D eigenvalue weighted by molar-refractivity contribution is 5.31. The summed E-state index contributed by atoms with van der Waals surface area (Å²) in [6.45, 7) is 15.7. The van der Waals surface area contributed by atoms with E-state index in [1.165, 1.54) is 11.1 Å². The lowest BCUT2D eigenvalue weighted by Gasteiger charge is -2.41. The molecule has 142 valence electrons. The first-order chi connectivity index (χ1) is 12.5. The fourth-order valence-corrected chi connectivity index (χ4v) is 3.40. The third-order valence-electron chi connectivity index (χ3n) is 4.67. The van der Waals surface area contributed by atoms with Gasteiger partial charge in [0, 0.05) is 32.2 Å². The Morgan fingerprint density at radius 3 is 1.27 bits per heavy atom. The predicted molar refractivity (Wildman–Crippen MR) is 114 cm³/mol. The molecule has 0 atom stereocenters. The average Bonchev–Trinajstić information content (AvgIpc) is 2.64. The lowest BCUT2D eigenvalue weighted by Crippen LogP contribution is -2.49. The van der Waals surface area contributed by atoms with E-state index in [1.807, 2.05) is 0 Å². The molecule has 0 radical (unpaired) electrons. The minimum Gasteiger partial charge on any atom is -0.298 e. The van der Waals surface area contributed by atoms with Gasteiger partial charge >= 0.3 is 0 Å². The molecule has 1 fully saturated rings. The van der Waals surface area contributed by atoms with Gasteiger partial charge in [0.2, 0.25) is 0 Å². The second kappa shape index (κ2) is 10.5. The molecule has 1 heterocycles. The van der Waals surface area contributed by atoms with Gasteiger partial charge in [-0.25, -0.2) is 0 Å². The molecule has 3 rings (SSSR count). The highest BCUT2D eigenvalue weighted by Gasteiger charge is 2.26. The molecule has 0 aromatic heterocycles. The molecule has 26 heavy (non-hydrogen) atoms. The van der Waals surface area contributed by atoms with Crippen LogP contribution in [-0.4, -0.2) is 42.0 Å². The van der Waals surface area contributed by atoms with Gasteiger partial charge in [0.25, 0.3) is 0 Å². The lowest BCUT2D eigenvalue weighted by atomic mass is 9.96. The molecule has 0 aliphatic carbocycles. The Balaban J connectivity index is 0.000000552. The maximum atomic E-state index is 2.63. The molecule has 2 aromatic rings. The normalized spacial score (nSPS) is 16.0. The molecule has 0 unspecified atom stereocenters. The fraction of sp³-hybridized carbons (Fsp3) is 0.500. The Morgan fingerprint density at radius 1 is 0.577 bits per heavy atom. The van der Waals surface area contributed by atoms with Crippen LogP contribution in [0.5, 0.6) is 0 Å². The van der Waals surface area contributed by atoms with Crippen LogP contribution in [0.3, 0.4) is 0 Å². The first-order valence-corrected chi connectivity index (χ1v) is 10.1. The van der Waals surface area contributed by atoms with E-state index in [2.05, 4.69) is 105 Å². The van der Waals surface area contributed by atoms with Crippen LogP contribution in [0.4, 0.5) is 0 Å². The third kappa shape index (κ3) is 6.26. The van der Waals surface area contributed by atoms with Crippen molar-refractivity contribution in [3.63, 3.8) is 0 Å². The minimum absolute atomic E-state index is 0.372. The summed E-state index contributed by atoms with van der Waals surface area (Å²) in [5, 5.41) is 0. The van der Waals surface area contributed by atoms with Gasteiger partial charge in [-0.1, -0.05) is 81.4 Å².